The molecule has 0 heterocycles. The van der Waals surface area contributed by atoms with E-state index in [0.717, 1.165) is 0 Å². The van der Waals surface area contributed by atoms with Crippen LogP contribution in [0, 0.1) is 11.3 Å². The highest BCUT2D eigenvalue weighted by Gasteiger charge is 2.17. The van der Waals surface area contributed by atoms with Gasteiger partial charge in [-0.25, -0.2) is 4.79 Å². The molecule has 0 aliphatic carbocycles. The molecule has 0 aliphatic heterocycles. The van der Waals surface area contributed by atoms with Gasteiger partial charge in [0.1, 0.15) is 6.10 Å². The van der Waals surface area contributed by atoms with Gasteiger partial charge >= 0.3 is 5.97 Å². The van der Waals surface area contributed by atoms with E-state index >= 15 is 0 Å². The quantitative estimate of drug-likeness (QED) is 0.625. The van der Waals surface area contributed by atoms with Crippen LogP contribution in [0.2, 0.25) is 0 Å². The van der Waals surface area contributed by atoms with Crippen LogP contribution in [-0.4, -0.2) is 5.97 Å². The van der Waals surface area contributed by atoms with Crippen molar-refractivity contribution >= 4 is 5.97 Å². The molecule has 1 unspecified atom stereocenters. The summed E-state index contributed by atoms with van der Waals surface area (Å²) < 4.78 is 5.41. The standard InChI is InChI=1S/C17H13NO2/c1-2-16(15-11-7-6-10-14(15)12-18)20-17(19)13-8-4-3-5-9-13/h2-11,16H,1H2. The Balaban J connectivity index is 2.24. The second-order valence-corrected chi connectivity index (χ2v) is 4.13. The van der Waals surface area contributed by atoms with Gasteiger partial charge < -0.3 is 4.74 Å². The van der Waals surface area contributed by atoms with Crippen molar-refractivity contribution in [2.24, 2.45) is 0 Å². The molecule has 1 atom stereocenters. The fraction of sp³-hybridized carbons (Fsp3) is 0.0588. The van der Waals surface area contributed by atoms with Crippen molar-refractivity contribution in [3.63, 3.8) is 0 Å². The molecule has 0 aromatic heterocycles. The van der Waals surface area contributed by atoms with E-state index in [1.54, 1.807) is 48.5 Å². The molecule has 98 valence electrons. The third-order valence-electron chi connectivity index (χ3n) is 2.85. The molecule has 0 saturated carbocycles. The average Bonchev–Trinajstić information content (AvgIpc) is 2.53. The third kappa shape index (κ3) is 2.93. The summed E-state index contributed by atoms with van der Waals surface area (Å²) in [5, 5.41) is 9.09. The van der Waals surface area contributed by atoms with E-state index in [1.165, 1.54) is 6.08 Å². The second kappa shape index (κ2) is 6.35. The Morgan fingerprint density at radius 2 is 1.80 bits per heavy atom. The number of rotatable bonds is 4. The fourth-order valence-electron chi connectivity index (χ4n) is 1.84. The molecule has 3 nitrogen and oxygen atoms in total. The predicted molar refractivity (Wildman–Crippen MR) is 76.0 cm³/mol. The normalized spacial score (nSPS) is 11.2. The topological polar surface area (TPSA) is 50.1 Å². The lowest BCUT2D eigenvalue weighted by Gasteiger charge is -2.15. The molecule has 2 aromatic carbocycles. The molecule has 2 rings (SSSR count). The molecular weight excluding hydrogens is 250 g/mol. The van der Waals surface area contributed by atoms with Gasteiger partial charge in [-0.15, -0.1) is 0 Å². The summed E-state index contributed by atoms with van der Waals surface area (Å²) in [6.07, 6.45) is 0.871. The van der Waals surface area contributed by atoms with Gasteiger partial charge in [0, 0.05) is 5.56 Å². The molecule has 0 amide bonds. The summed E-state index contributed by atoms with van der Waals surface area (Å²) in [4.78, 5) is 12.0. The van der Waals surface area contributed by atoms with Crippen LogP contribution < -0.4 is 0 Å². The molecule has 3 heteroatoms. The first-order chi connectivity index (χ1) is 9.76. The monoisotopic (exact) mass is 263 g/mol. The van der Waals surface area contributed by atoms with Gasteiger partial charge in [-0.2, -0.15) is 5.26 Å². The summed E-state index contributed by atoms with van der Waals surface area (Å²) in [5.41, 5.74) is 1.57. The van der Waals surface area contributed by atoms with Crippen molar-refractivity contribution in [3.05, 3.63) is 83.9 Å². The predicted octanol–water partition coefficient (Wildman–Crippen LogP) is 3.64. The number of hydrogen-bond acceptors (Lipinski definition) is 3. The number of hydrogen-bond donors (Lipinski definition) is 0. The Morgan fingerprint density at radius 1 is 1.15 bits per heavy atom. The molecule has 0 spiro atoms. The van der Waals surface area contributed by atoms with Gasteiger partial charge in [0.2, 0.25) is 0 Å². The summed E-state index contributed by atoms with van der Waals surface area (Å²) in [6, 6.07) is 17.8. The van der Waals surface area contributed by atoms with Gasteiger partial charge in [0.25, 0.3) is 0 Å². The minimum absolute atomic E-state index is 0.441. The molecule has 0 radical (unpaired) electrons. The van der Waals surface area contributed by atoms with Crippen molar-refractivity contribution in [2.45, 2.75) is 6.10 Å². The molecule has 20 heavy (non-hydrogen) atoms. The van der Waals surface area contributed by atoms with Crippen molar-refractivity contribution < 1.29 is 9.53 Å². The van der Waals surface area contributed by atoms with Crippen LogP contribution in [0.5, 0.6) is 0 Å². The Hall–Kier alpha value is -2.86. The molecular formula is C17H13NO2. The van der Waals surface area contributed by atoms with Crippen LogP contribution in [0.15, 0.2) is 67.3 Å². The maximum Gasteiger partial charge on any atom is 0.339 e. The van der Waals surface area contributed by atoms with Crippen LogP contribution >= 0.6 is 0 Å². The first-order valence-corrected chi connectivity index (χ1v) is 6.14. The summed E-state index contributed by atoms with van der Waals surface area (Å²) in [5.74, 6) is -0.441. The number of nitriles is 1. The van der Waals surface area contributed by atoms with Crippen LogP contribution in [0.4, 0.5) is 0 Å². The Morgan fingerprint density at radius 3 is 2.45 bits per heavy atom. The largest absolute Gasteiger partial charge is 0.450 e. The Kier molecular flexibility index (Phi) is 4.31. The molecule has 0 N–H and O–H groups in total. The van der Waals surface area contributed by atoms with E-state index in [9.17, 15) is 4.79 Å². The number of nitrogens with zero attached hydrogens (tertiary/aromatic N) is 1. The Bertz CT molecular complexity index is 656. The highest BCUT2D eigenvalue weighted by atomic mass is 16.5. The smallest absolute Gasteiger partial charge is 0.339 e. The first kappa shape index (κ1) is 13.6. The lowest BCUT2D eigenvalue weighted by molar-refractivity contribution is 0.0392. The van der Waals surface area contributed by atoms with E-state index in [2.05, 4.69) is 12.6 Å². The Labute approximate surface area is 117 Å². The number of carbonyl (C=O) groups excluding carboxylic acids is 1. The number of carbonyl (C=O) groups is 1. The van der Waals surface area contributed by atoms with E-state index < -0.39 is 12.1 Å². The van der Waals surface area contributed by atoms with Gasteiger partial charge in [0.15, 0.2) is 0 Å². The van der Waals surface area contributed by atoms with E-state index in [-0.39, 0.29) is 0 Å². The van der Waals surface area contributed by atoms with E-state index in [4.69, 9.17) is 10.00 Å². The third-order valence-corrected chi connectivity index (χ3v) is 2.85. The van der Waals surface area contributed by atoms with Crippen LogP contribution in [0.3, 0.4) is 0 Å². The van der Waals surface area contributed by atoms with Crippen LogP contribution in [-0.2, 0) is 4.74 Å². The SMILES string of the molecule is C=CC(OC(=O)c1ccccc1)c1ccccc1C#N. The number of esters is 1. The summed E-state index contributed by atoms with van der Waals surface area (Å²) in [7, 11) is 0. The zero-order valence-electron chi connectivity index (χ0n) is 10.8. The van der Waals surface area contributed by atoms with Gasteiger partial charge in [-0.05, 0) is 24.3 Å². The summed E-state index contributed by atoms with van der Waals surface area (Å²) in [6.45, 7) is 3.67. The minimum atomic E-state index is -0.640. The second-order valence-electron chi connectivity index (χ2n) is 4.13. The minimum Gasteiger partial charge on any atom is -0.450 e. The zero-order chi connectivity index (χ0) is 14.4. The first-order valence-electron chi connectivity index (χ1n) is 6.14. The van der Waals surface area contributed by atoms with Crippen molar-refractivity contribution in [1.82, 2.24) is 0 Å². The van der Waals surface area contributed by atoms with Gasteiger partial charge in [-0.1, -0.05) is 43.0 Å². The lowest BCUT2D eigenvalue weighted by Crippen LogP contribution is -2.11. The molecule has 0 bridgehead atoms. The summed E-state index contributed by atoms with van der Waals surface area (Å²) >= 11 is 0. The number of ether oxygens (including phenoxy) is 1. The van der Waals surface area contributed by atoms with E-state index in [0.29, 0.717) is 16.7 Å². The van der Waals surface area contributed by atoms with Gasteiger partial charge in [0.05, 0.1) is 17.2 Å². The maximum atomic E-state index is 12.0. The lowest BCUT2D eigenvalue weighted by atomic mass is 10.0. The van der Waals surface area contributed by atoms with Crippen molar-refractivity contribution in [3.8, 4) is 6.07 Å². The molecule has 0 aliphatic rings. The molecule has 0 saturated heterocycles. The number of benzene rings is 2. The fourth-order valence-corrected chi connectivity index (χ4v) is 1.84. The van der Waals surface area contributed by atoms with Crippen molar-refractivity contribution in [2.75, 3.05) is 0 Å². The van der Waals surface area contributed by atoms with Crippen LogP contribution in [0.25, 0.3) is 0 Å². The average molecular weight is 263 g/mol. The highest BCUT2D eigenvalue weighted by Crippen LogP contribution is 2.23. The highest BCUT2D eigenvalue weighted by molar-refractivity contribution is 5.89. The zero-order valence-corrected chi connectivity index (χ0v) is 10.8. The van der Waals surface area contributed by atoms with Gasteiger partial charge in [-0.3, -0.25) is 0 Å². The molecule has 2 aromatic rings. The van der Waals surface area contributed by atoms with Crippen molar-refractivity contribution in [1.29, 1.82) is 5.26 Å². The van der Waals surface area contributed by atoms with Crippen LogP contribution in [0.1, 0.15) is 27.6 Å². The van der Waals surface area contributed by atoms with E-state index in [1.807, 2.05) is 6.07 Å². The maximum absolute atomic E-state index is 12.0. The molecule has 0 fully saturated rings.